The molecule has 0 spiro atoms. The van der Waals surface area contributed by atoms with Crippen LogP contribution in [0.15, 0.2) is 12.1 Å². The molecule has 0 bridgehead atoms. The Morgan fingerprint density at radius 1 is 1.30 bits per heavy atom. The molecule has 1 N–H and O–H groups in total. The van der Waals surface area contributed by atoms with E-state index in [0.29, 0.717) is 13.2 Å². The lowest BCUT2D eigenvalue weighted by molar-refractivity contribution is -0.184. The van der Waals surface area contributed by atoms with Crippen LogP contribution in [0.4, 0.5) is 5.82 Å². The second-order valence-electron chi connectivity index (χ2n) is 6.11. The summed E-state index contributed by atoms with van der Waals surface area (Å²) in [7, 11) is 0. The summed E-state index contributed by atoms with van der Waals surface area (Å²) >= 11 is 0. The highest BCUT2D eigenvalue weighted by Crippen LogP contribution is 2.17. The van der Waals surface area contributed by atoms with Gasteiger partial charge in [0.05, 0.1) is 25.3 Å². The summed E-state index contributed by atoms with van der Waals surface area (Å²) in [5.41, 5.74) is 0.906. The Morgan fingerprint density at radius 3 is 2.87 bits per heavy atom. The first-order valence-electron chi connectivity index (χ1n) is 8.28. The monoisotopic (exact) mass is 320 g/mol. The lowest BCUT2D eigenvalue weighted by Crippen LogP contribution is -2.49. The van der Waals surface area contributed by atoms with Crippen LogP contribution < -0.4 is 10.2 Å². The maximum absolute atomic E-state index is 12.1. The van der Waals surface area contributed by atoms with Crippen LogP contribution in [0, 0.1) is 6.92 Å². The quantitative estimate of drug-likeness (QED) is 0.893. The predicted octanol–water partition coefficient (Wildman–Crippen LogP) is 1.02. The van der Waals surface area contributed by atoms with Crippen molar-refractivity contribution in [2.75, 3.05) is 31.2 Å². The normalized spacial score (nSPS) is 22.8. The van der Waals surface area contributed by atoms with E-state index in [2.05, 4.69) is 20.4 Å². The van der Waals surface area contributed by atoms with Gasteiger partial charge in [0, 0.05) is 19.1 Å². The van der Waals surface area contributed by atoms with Crippen molar-refractivity contribution in [1.82, 2.24) is 15.5 Å². The van der Waals surface area contributed by atoms with Crippen molar-refractivity contribution in [3.63, 3.8) is 0 Å². The van der Waals surface area contributed by atoms with Crippen LogP contribution in [0.3, 0.4) is 0 Å². The molecular formula is C16H24N4O3. The van der Waals surface area contributed by atoms with E-state index < -0.39 is 6.29 Å². The molecule has 0 aromatic carbocycles. The number of hydrogen-bond donors (Lipinski definition) is 1. The summed E-state index contributed by atoms with van der Waals surface area (Å²) in [6.07, 6.45) is 2.77. The highest BCUT2D eigenvalue weighted by Gasteiger charge is 2.24. The minimum absolute atomic E-state index is 0.0151. The second kappa shape index (κ2) is 7.70. The molecule has 0 radical (unpaired) electrons. The molecule has 1 aromatic rings. The van der Waals surface area contributed by atoms with Gasteiger partial charge in [-0.25, -0.2) is 0 Å². The predicted molar refractivity (Wildman–Crippen MR) is 85.1 cm³/mol. The van der Waals surface area contributed by atoms with Crippen LogP contribution in [0.1, 0.15) is 31.4 Å². The SMILES string of the molecule is Cc1ccc(N2CCCC(NC(=O)CC3OCCCO3)C2)nn1. The zero-order valence-electron chi connectivity index (χ0n) is 13.5. The van der Waals surface area contributed by atoms with Crippen molar-refractivity contribution in [3.05, 3.63) is 17.8 Å². The molecule has 2 aliphatic heterocycles. The zero-order valence-corrected chi connectivity index (χ0v) is 13.5. The summed E-state index contributed by atoms with van der Waals surface area (Å²) in [6.45, 7) is 4.96. The maximum Gasteiger partial charge on any atom is 0.225 e. The third-order valence-corrected chi connectivity index (χ3v) is 4.14. The van der Waals surface area contributed by atoms with Gasteiger partial charge in [-0.1, -0.05) is 0 Å². The molecule has 0 aliphatic carbocycles. The molecule has 126 valence electrons. The first-order chi connectivity index (χ1) is 11.2. The number of hydrogen-bond acceptors (Lipinski definition) is 6. The van der Waals surface area contributed by atoms with Crippen LogP contribution in [-0.4, -0.2) is 54.7 Å². The number of nitrogens with zero attached hydrogens (tertiary/aromatic N) is 3. The fourth-order valence-electron chi connectivity index (χ4n) is 2.96. The molecule has 2 saturated heterocycles. The topological polar surface area (TPSA) is 76.6 Å². The van der Waals surface area contributed by atoms with Gasteiger partial charge in [0.2, 0.25) is 5.91 Å². The molecule has 7 nitrogen and oxygen atoms in total. The highest BCUT2D eigenvalue weighted by molar-refractivity contribution is 5.76. The number of ether oxygens (including phenoxy) is 2. The molecule has 2 aliphatic rings. The number of carbonyl (C=O) groups excluding carboxylic acids is 1. The van der Waals surface area contributed by atoms with E-state index in [0.717, 1.165) is 43.9 Å². The molecule has 3 rings (SSSR count). The fourth-order valence-corrected chi connectivity index (χ4v) is 2.96. The van der Waals surface area contributed by atoms with Crippen LogP contribution >= 0.6 is 0 Å². The fraction of sp³-hybridized carbons (Fsp3) is 0.688. The van der Waals surface area contributed by atoms with Crippen molar-refractivity contribution < 1.29 is 14.3 Å². The second-order valence-corrected chi connectivity index (χ2v) is 6.11. The average Bonchev–Trinajstić information content (AvgIpc) is 2.56. The van der Waals surface area contributed by atoms with E-state index in [1.165, 1.54) is 0 Å². The molecule has 0 saturated carbocycles. The molecule has 1 atom stereocenters. The van der Waals surface area contributed by atoms with E-state index in [1.54, 1.807) is 0 Å². The van der Waals surface area contributed by atoms with Gasteiger partial charge in [0.25, 0.3) is 0 Å². The molecule has 23 heavy (non-hydrogen) atoms. The smallest absolute Gasteiger partial charge is 0.225 e. The maximum atomic E-state index is 12.1. The Kier molecular flexibility index (Phi) is 5.40. The van der Waals surface area contributed by atoms with E-state index >= 15 is 0 Å². The van der Waals surface area contributed by atoms with Crippen LogP contribution in [0.25, 0.3) is 0 Å². The molecular weight excluding hydrogens is 296 g/mol. The van der Waals surface area contributed by atoms with Crippen LogP contribution in [-0.2, 0) is 14.3 Å². The molecule has 1 amide bonds. The van der Waals surface area contributed by atoms with Crippen LogP contribution in [0.5, 0.6) is 0 Å². The molecule has 2 fully saturated rings. The Bertz CT molecular complexity index is 517. The average molecular weight is 320 g/mol. The summed E-state index contributed by atoms with van der Waals surface area (Å²) < 4.78 is 10.9. The number of amides is 1. The van der Waals surface area contributed by atoms with Gasteiger partial charge in [0.1, 0.15) is 0 Å². The largest absolute Gasteiger partial charge is 0.353 e. The zero-order chi connectivity index (χ0) is 16.1. The van der Waals surface area contributed by atoms with E-state index in [4.69, 9.17) is 9.47 Å². The van der Waals surface area contributed by atoms with Gasteiger partial charge in [0.15, 0.2) is 12.1 Å². The summed E-state index contributed by atoms with van der Waals surface area (Å²) in [4.78, 5) is 14.3. The third kappa shape index (κ3) is 4.62. The van der Waals surface area contributed by atoms with E-state index in [1.807, 2.05) is 19.1 Å². The number of aryl methyl sites for hydroxylation is 1. The van der Waals surface area contributed by atoms with Crippen LogP contribution in [0.2, 0.25) is 0 Å². The minimum Gasteiger partial charge on any atom is -0.353 e. The molecule has 3 heterocycles. The first-order valence-corrected chi connectivity index (χ1v) is 8.28. The van der Waals surface area contributed by atoms with Crippen molar-refractivity contribution >= 4 is 11.7 Å². The standard InChI is InChI=1S/C16H24N4O3/c1-12-5-6-14(19-18-12)20-7-2-4-13(11-20)17-15(21)10-16-22-8-3-9-23-16/h5-6,13,16H,2-4,7-11H2,1H3,(H,17,21). The summed E-state index contributed by atoms with van der Waals surface area (Å²) in [5, 5.41) is 11.4. The molecule has 7 heteroatoms. The number of rotatable bonds is 4. The Balaban J connectivity index is 1.49. The first kappa shape index (κ1) is 16.1. The van der Waals surface area contributed by atoms with E-state index in [9.17, 15) is 4.79 Å². The van der Waals surface area contributed by atoms with Gasteiger partial charge >= 0.3 is 0 Å². The van der Waals surface area contributed by atoms with Crippen molar-refractivity contribution in [2.24, 2.45) is 0 Å². The van der Waals surface area contributed by atoms with Crippen molar-refractivity contribution in [2.45, 2.75) is 44.9 Å². The van der Waals surface area contributed by atoms with Gasteiger partial charge in [-0.3, -0.25) is 4.79 Å². The van der Waals surface area contributed by atoms with Crippen molar-refractivity contribution in [1.29, 1.82) is 0 Å². The third-order valence-electron chi connectivity index (χ3n) is 4.14. The van der Waals surface area contributed by atoms with Gasteiger partial charge in [-0.05, 0) is 38.3 Å². The van der Waals surface area contributed by atoms with E-state index in [-0.39, 0.29) is 18.4 Å². The molecule has 1 aromatic heterocycles. The van der Waals surface area contributed by atoms with Crippen molar-refractivity contribution in [3.8, 4) is 0 Å². The lowest BCUT2D eigenvalue weighted by Gasteiger charge is -2.34. The highest BCUT2D eigenvalue weighted by atomic mass is 16.7. The summed E-state index contributed by atoms with van der Waals surface area (Å²) in [6, 6.07) is 4.07. The van der Waals surface area contributed by atoms with Gasteiger partial charge in [-0.15, -0.1) is 5.10 Å². The number of nitrogens with one attached hydrogen (secondary N) is 1. The Morgan fingerprint density at radius 2 is 2.13 bits per heavy atom. The molecule has 1 unspecified atom stereocenters. The van der Waals surface area contributed by atoms with Gasteiger partial charge < -0.3 is 19.7 Å². The number of anilines is 1. The lowest BCUT2D eigenvalue weighted by atomic mass is 10.1. The minimum atomic E-state index is -0.397. The Hall–Kier alpha value is -1.73. The number of aromatic nitrogens is 2. The van der Waals surface area contributed by atoms with Gasteiger partial charge in [-0.2, -0.15) is 5.10 Å². The summed E-state index contributed by atoms with van der Waals surface area (Å²) in [5.74, 6) is 0.854. The number of carbonyl (C=O) groups is 1. The number of piperidine rings is 1. The Labute approximate surface area is 136 Å².